The summed E-state index contributed by atoms with van der Waals surface area (Å²) in [5.74, 6) is 0.345. The zero-order valence-corrected chi connectivity index (χ0v) is 13.8. The Bertz CT molecular complexity index is 349. The Morgan fingerprint density at radius 3 is 2.29 bits per heavy atom. The topological polar surface area (TPSA) is 69.6 Å². The van der Waals surface area contributed by atoms with Crippen LogP contribution in [0.1, 0.15) is 47.0 Å². The van der Waals surface area contributed by atoms with Gasteiger partial charge in [-0.25, -0.2) is 0 Å². The number of rotatable bonds is 6. The zero-order chi connectivity index (χ0) is 16.0. The minimum atomic E-state index is -0.485. The SMILES string of the molecule is CCC(C)C(O)CNC(=O)C1CCN(C(=O)C(C)C)CC1. The number of aliphatic hydroxyl groups excluding tert-OH is 1. The van der Waals surface area contributed by atoms with E-state index < -0.39 is 6.10 Å². The lowest BCUT2D eigenvalue weighted by atomic mass is 9.94. The maximum Gasteiger partial charge on any atom is 0.225 e. The third kappa shape index (κ3) is 5.30. The van der Waals surface area contributed by atoms with E-state index in [-0.39, 0.29) is 29.6 Å². The maximum absolute atomic E-state index is 12.1. The van der Waals surface area contributed by atoms with E-state index in [0.717, 1.165) is 6.42 Å². The molecule has 2 amide bonds. The Morgan fingerprint density at radius 1 is 1.24 bits per heavy atom. The lowest BCUT2D eigenvalue weighted by Gasteiger charge is -2.32. The minimum Gasteiger partial charge on any atom is -0.391 e. The monoisotopic (exact) mass is 298 g/mol. The summed E-state index contributed by atoms with van der Waals surface area (Å²) >= 11 is 0. The number of piperidine rings is 1. The van der Waals surface area contributed by atoms with Gasteiger partial charge in [-0.2, -0.15) is 0 Å². The molecule has 1 heterocycles. The number of carbonyl (C=O) groups excluding carboxylic acids is 2. The van der Waals surface area contributed by atoms with Crippen LogP contribution in [0.15, 0.2) is 0 Å². The summed E-state index contributed by atoms with van der Waals surface area (Å²) in [5.41, 5.74) is 0. The largest absolute Gasteiger partial charge is 0.391 e. The predicted molar refractivity (Wildman–Crippen MR) is 82.6 cm³/mol. The summed E-state index contributed by atoms with van der Waals surface area (Å²) < 4.78 is 0. The molecule has 0 saturated carbocycles. The molecule has 5 heteroatoms. The molecule has 5 nitrogen and oxygen atoms in total. The lowest BCUT2D eigenvalue weighted by molar-refractivity contribution is -0.138. The van der Waals surface area contributed by atoms with Crippen LogP contribution >= 0.6 is 0 Å². The summed E-state index contributed by atoms with van der Waals surface area (Å²) in [5, 5.41) is 12.7. The van der Waals surface area contributed by atoms with Crippen LogP contribution in [0.25, 0.3) is 0 Å². The number of nitrogens with one attached hydrogen (secondary N) is 1. The van der Waals surface area contributed by atoms with E-state index in [1.165, 1.54) is 0 Å². The molecule has 1 fully saturated rings. The molecule has 21 heavy (non-hydrogen) atoms. The average molecular weight is 298 g/mol. The second-order valence-corrected chi connectivity index (χ2v) is 6.45. The third-order valence-corrected chi connectivity index (χ3v) is 4.46. The van der Waals surface area contributed by atoms with E-state index in [9.17, 15) is 14.7 Å². The highest BCUT2D eigenvalue weighted by molar-refractivity contribution is 5.80. The number of likely N-dealkylation sites (tertiary alicyclic amines) is 1. The van der Waals surface area contributed by atoms with Gasteiger partial charge in [0.05, 0.1) is 6.10 Å². The molecular formula is C16H30N2O3. The van der Waals surface area contributed by atoms with Crippen molar-refractivity contribution in [2.45, 2.75) is 53.1 Å². The van der Waals surface area contributed by atoms with E-state index in [1.807, 2.05) is 32.6 Å². The summed E-state index contributed by atoms with van der Waals surface area (Å²) in [4.78, 5) is 25.8. The second-order valence-electron chi connectivity index (χ2n) is 6.45. The molecule has 0 spiro atoms. The first kappa shape index (κ1) is 18.0. The second kappa shape index (κ2) is 8.37. The van der Waals surface area contributed by atoms with E-state index in [1.54, 1.807) is 0 Å². The van der Waals surface area contributed by atoms with Gasteiger partial charge in [-0.05, 0) is 18.8 Å². The molecule has 0 aromatic rings. The van der Waals surface area contributed by atoms with Crippen molar-refractivity contribution in [3.8, 4) is 0 Å². The normalized spacial score (nSPS) is 19.4. The Balaban J connectivity index is 2.34. The third-order valence-electron chi connectivity index (χ3n) is 4.46. The standard InChI is InChI=1S/C16H30N2O3/c1-5-12(4)14(19)10-17-15(20)13-6-8-18(9-7-13)16(21)11(2)3/h11-14,19H,5-10H2,1-4H3,(H,17,20). The summed E-state index contributed by atoms with van der Waals surface area (Å²) in [6.07, 6.45) is 1.83. The number of hydrogen-bond donors (Lipinski definition) is 2. The Kier molecular flexibility index (Phi) is 7.15. The zero-order valence-electron chi connectivity index (χ0n) is 13.8. The van der Waals surface area contributed by atoms with Crippen molar-refractivity contribution < 1.29 is 14.7 Å². The van der Waals surface area contributed by atoms with Crippen LogP contribution < -0.4 is 5.32 Å². The van der Waals surface area contributed by atoms with Crippen LogP contribution in [-0.4, -0.2) is 47.6 Å². The fourth-order valence-corrected chi connectivity index (χ4v) is 2.55. The van der Waals surface area contributed by atoms with Crippen molar-refractivity contribution in [2.75, 3.05) is 19.6 Å². The van der Waals surface area contributed by atoms with Crippen molar-refractivity contribution in [3.05, 3.63) is 0 Å². The first-order valence-electron chi connectivity index (χ1n) is 8.11. The summed E-state index contributed by atoms with van der Waals surface area (Å²) in [6, 6.07) is 0. The molecule has 1 aliphatic rings. The van der Waals surface area contributed by atoms with Gasteiger partial charge in [0, 0.05) is 31.5 Å². The van der Waals surface area contributed by atoms with Gasteiger partial charge in [-0.1, -0.05) is 34.1 Å². The number of aliphatic hydroxyl groups is 1. The van der Waals surface area contributed by atoms with Crippen LogP contribution in [0.5, 0.6) is 0 Å². The van der Waals surface area contributed by atoms with E-state index in [4.69, 9.17) is 0 Å². The van der Waals surface area contributed by atoms with Crippen molar-refractivity contribution in [1.29, 1.82) is 0 Å². The quantitative estimate of drug-likeness (QED) is 0.779. The fourth-order valence-electron chi connectivity index (χ4n) is 2.55. The van der Waals surface area contributed by atoms with Crippen LogP contribution in [0, 0.1) is 17.8 Å². The first-order chi connectivity index (χ1) is 9.86. The van der Waals surface area contributed by atoms with Crippen molar-refractivity contribution in [3.63, 3.8) is 0 Å². The molecule has 0 aromatic carbocycles. The van der Waals surface area contributed by atoms with Gasteiger partial charge in [0.25, 0.3) is 0 Å². The fraction of sp³-hybridized carbons (Fsp3) is 0.875. The predicted octanol–water partition coefficient (Wildman–Crippen LogP) is 1.40. The van der Waals surface area contributed by atoms with Gasteiger partial charge in [0.15, 0.2) is 0 Å². The van der Waals surface area contributed by atoms with Gasteiger partial charge >= 0.3 is 0 Å². The molecule has 1 rings (SSSR count). The van der Waals surface area contributed by atoms with Crippen molar-refractivity contribution >= 4 is 11.8 Å². The van der Waals surface area contributed by atoms with Crippen LogP contribution in [-0.2, 0) is 9.59 Å². The molecule has 2 atom stereocenters. The van der Waals surface area contributed by atoms with Crippen molar-refractivity contribution in [1.82, 2.24) is 10.2 Å². The van der Waals surface area contributed by atoms with Crippen molar-refractivity contribution in [2.24, 2.45) is 17.8 Å². The van der Waals surface area contributed by atoms with Gasteiger partial charge in [0.2, 0.25) is 11.8 Å². The summed E-state index contributed by atoms with van der Waals surface area (Å²) in [7, 11) is 0. The molecule has 1 aliphatic heterocycles. The Morgan fingerprint density at radius 2 is 1.81 bits per heavy atom. The molecular weight excluding hydrogens is 268 g/mol. The highest BCUT2D eigenvalue weighted by Gasteiger charge is 2.28. The van der Waals surface area contributed by atoms with E-state index >= 15 is 0 Å². The van der Waals surface area contributed by atoms with Gasteiger partial charge < -0.3 is 15.3 Å². The maximum atomic E-state index is 12.1. The molecule has 0 aliphatic carbocycles. The van der Waals surface area contributed by atoms with Gasteiger partial charge in [0.1, 0.15) is 0 Å². The first-order valence-corrected chi connectivity index (χ1v) is 8.11. The van der Waals surface area contributed by atoms with Gasteiger partial charge in [-0.3, -0.25) is 9.59 Å². The number of amides is 2. The number of nitrogens with zero attached hydrogens (tertiary/aromatic N) is 1. The molecule has 2 N–H and O–H groups in total. The smallest absolute Gasteiger partial charge is 0.225 e. The highest BCUT2D eigenvalue weighted by Crippen LogP contribution is 2.19. The van der Waals surface area contributed by atoms with Crippen LogP contribution in [0.2, 0.25) is 0 Å². The lowest BCUT2D eigenvalue weighted by Crippen LogP contribution is -2.45. The molecule has 122 valence electrons. The number of hydrogen-bond acceptors (Lipinski definition) is 3. The van der Waals surface area contributed by atoms with E-state index in [2.05, 4.69) is 5.32 Å². The average Bonchev–Trinajstić information content (AvgIpc) is 2.50. The van der Waals surface area contributed by atoms with Crippen LogP contribution in [0.4, 0.5) is 0 Å². The highest BCUT2D eigenvalue weighted by atomic mass is 16.3. The van der Waals surface area contributed by atoms with Gasteiger partial charge in [-0.15, -0.1) is 0 Å². The van der Waals surface area contributed by atoms with Crippen LogP contribution in [0.3, 0.4) is 0 Å². The molecule has 0 aromatic heterocycles. The minimum absolute atomic E-state index is 0.00833. The molecule has 1 saturated heterocycles. The van der Waals surface area contributed by atoms with E-state index in [0.29, 0.717) is 32.5 Å². The Labute approximate surface area is 128 Å². The molecule has 0 radical (unpaired) electrons. The summed E-state index contributed by atoms with van der Waals surface area (Å²) in [6.45, 7) is 9.43. The molecule has 0 bridgehead atoms. The molecule has 2 unspecified atom stereocenters. The number of carbonyl (C=O) groups is 2. The Hall–Kier alpha value is -1.10.